The van der Waals surface area contributed by atoms with Gasteiger partial charge in [-0.05, 0) is 33.6 Å². The molecule has 96 valence electrons. The van der Waals surface area contributed by atoms with Crippen molar-refractivity contribution in [1.82, 2.24) is 4.90 Å². The predicted octanol–water partition coefficient (Wildman–Crippen LogP) is 2.53. The van der Waals surface area contributed by atoms with Crippen molar-refractivity contribution in [2.75, 3.05) is 6.54 Å². The molecule has 0 radical (unpaired) electrons. The fourth-order valence-electron chi connectivity index (χ4n) is 1.72. The van der Waals surface area contributed by atoms with Gasteiger partial charge in [0.05, 0.1) is 6.04 Å². The number of ether oxygens (including phenoxy) is 1. The molecular weight excluding hydrogens is 218 g/mol. The van der Waals surface area contributed by atoms with Gasteiger partial charge in [0, 0.05) is 6.54 Å². The molecule has 0 bridgehead atoms. The Morgan fingerprint density at radius 3 is 2.59 bits per heavy atom. The van der Waals surface area contributed by atoms with Crippen molar-refractivity contribution in [2.24, 2.45) is 0 Å². The normalized spacial score (nSPS) is 20.6. The van der Waals surface area contributed by atoms with Crippen LogP contribution in [0.15, 0.2) is 12.2 Å². The second-order valence-corrected chi connectivity index (χ2v) is 5.19. The number of hydrogen-bond acceptors (Lipinski definition) is 3. The van der Waals surface area contributed by atoms with Crippen LogP contribution in [0, 0.1) is 0 Å². The molecule has 1 rings (SSSR count). The van der Waals surface area contributed by atoms with Crippen LogP contribution in [0.2, 0.25) is 0 Å². The number of hydrogen-bond donors (Lipinski definition) is 0. The Bertz CT molecular complexity index is 347. The minimum atomic E-state index is -0.498. The maximum Gasteiger partial charge on any atom is 0.411 e. The summed E-state index contributed by atoms with van der Waals surface area (Å²) in [6.07, 6.45) is 0.866. The molecule has 1 atom stereocenters. The standard InChI is InChI=1S/C13H21NO3/c1-6-13(4,5)17-12(16)14-8-9(2)7-11(14)10(3)15/h11H,2,6-8H2,1,3-5H3/t11-/m0/s1. The van der Waals surface area contributed by atoms with E-state index in [-0.39, 0.29) is 5.78 Å². The molecule has 0 aliphatic carbocycles. The average molecular weight is 239 g/mol. The van der Waals surface area contributed by atoms with Crippen LogP contribution in [-0.4, -0.2) is 35.0 Å². The lowest BCUT2D eigenvalue weighted by atomic mass is 10.1. The van der Waals surface area contributed by atoms with Crippen LogP contribution in [0.25, 0.3) is 0 Å². The number of amides is 1. The first kappa shape index (κ1) is 13.7. The quantitative estimate of drug-likeness (QED) is 0.711. The number of ketones is 1. The van der Waals surface area contributed by atoms with E-state index in [1.54, 1.807) is 0 Å². The second kappa shape index (κ2) is 4.90. The highest BCUT2D eigenvalue weighted by atomic mass is 16.6. The van der Waals surface area contributed by atoms with Gasteiger partial charge in [-0.15, -0.1) is 0 Å². The van der Waals surface area contributed by atoms with E-state index in [0.717, 1.165) is 12.0 Å². The van der Waals surface area contributed by atoms with E-state index >= 15 is 0 Å². The fraction of sp³-hybridized carbons (Fsp3) is 0.692. The Hall–Kier alpha value is -1.32. The van der Waals surface area contributed by atoms with Crippen molar-refractivity contribution in [1.29, 1.82) is 0 Å². The van der Waals surface area contributed by atoms with Crippen LogP contribution in [0.5, 0.6) is 0 Å². The highest BCUT2D eigenvalue weighted by Gasteiger charge is 2.36. The Kier molecular flexibility index (Phi) is 3.96. The highest BCUT2D eigenvalue weighted by Crippen LogP contribution is 2.25. The number of nitrogens with zero attached hydrogens (tertiary/aromatic N) is 1. The predicted molar refractivity (Wildman–Crippen MR) is 65.8 cm³/mol. The van der Waals surface area contributed by atoms with E-state index in [9.17, 15) is 9.59 Å². The SMILES string of the molecule is C=C1C[C@@H](C(C)=O)N(C(=O)OC(C)(C)CC)C1. The Morgan fingerprint density at radius 1 is 1.53 bits per heavy atom. The molecule has 17 heavy (non-hydrogen) atoms. The first-order valence-electron chi connectivity index (χ1n) is 5.93. The van der Waals surface area contributed by atoms with Gasteiger partial charge in [0.1, 0.15) is 5.60 Å². The number of carbonyl (C=O) groups is 2. The van der Waals surface area contributed by atoms with Gasteiger partial charge in [-0.1, -0.05) is 19.1 Å². The summed E-state index contributed by atoms with van der Waals surface area (Å²) in [6, 6.07) is -0.400. The van der Waals surface area contributed by atoms with Crippen LogP contribution in [0.4, 0.5) is 4.79 Å². The van der Waals surface area contributed by atoms with E-state index in [1.807, 2.05) is 20.8 Å². The van der Waals surface area contributed by atoms with Crippen molar-refractivity contribution in [2.45, 2.75) is 52.2 Å². The zero-order valence-electron chi connectivity index (χ0n) is 11.1. The van der Waals surface area contributed by atoms with E-state index in [4.69, 9.17) is 4.74 Å². The molecule has 1 fully saturated rings. The monoisotopic (exact) mass is 239 g/mol. The summed E-state index contributed by atoms with van der Waals surface area (Å²) in [6.45, 7) is 11.4. The second-order valence-electron chi connectivity index (χ2n) is 5.19. The van der Waals surface area contributed by atoms with Gasteiger partial charge in [-0.25, -0.2) is 4.79 Å². The average Bonchev–Trinajstić information content (AvgIpc) is 2.60. The lowest BCUT2D eigenvalue weighted by Gasteiger charge is -2.29. The van der Waals surface area contributed by atoms with Gasteiger partial charge < -0.3 is 4.74 Å². The van der Waals surface area contributed by atoms with Crippen LogP contribution >= 0.6 is 0 Å². The minimum Gasteiger partial charge on any atom is -0.443 e. The zero-order chi connectivity index (χ0) is 13.2. The largest absolute Gasteiger partial charge is 0.443 e. The van der Waals surface area contributed by atoms with Crippen molar-refractivity contribution in [3.8, 4) is 0 Å². The van der Waals surface area contributed by atoms with E-state index in [0.29, 0.717) is 13.0 Å². The third-order valence-electron chi connectivity index (χ3n) is 3.17. The maximum absolute atomic E-state index is 12.0. The topological polar surface area (TPSA) is 46.6 Å². The molecule has 0 aromatic heterocycles. The zero-order valence-corrected chi connectivity index (χ0v) is 11.1. The van der Waals surface area contributed by atoms with Crippen LogP contribution in [0.1, 0.15) is 40.5 Å². The van der Waals surface area contributed by atoms with E-state index in [2.05, 4.69) is 6.58 Å². The van der Waals surface area contributed by atoms with Crippen molar-refractivity contribution < 1.29 is 14.3 Å². The molecule has 4 heteroatoms. The van der Waals surface area contributed by atoms with Crippen LogP contribution in [0.3, 0.4) is 0 Å². The highest BCUT2D eigenvalue weighted by molar-refractivity contribution is 5.86. The Morgan fingerprint density at radius 2 is 2.12 bits per heavy atom. The van der Waals surface area contributed by atoms with Crippen LogP contribution in [-0.2, 0) is 9.53 Å². The van der Waals surface area contributed by atoms with Gasteiger partial charge >= 0.3 is 6.09 Å². The molecule has 0 aromatic carbocycles. The third-order valence-corrected chi connectivity index (χ3v) is 3.17. The van der Waals surface area contributed by atoms with Gasteiger partial charge in [-0.2, -0.15) is 0 Å². The summed E-state index contributed by atoms with van der Waals surface area (Å²) in [4.78, 5) is 24.9. The molecule has 1 aliphatic heterocycles. The van der Waals surface area contributed by atoms with Gasteiger partial charge in [-0.3, -0.25) is 9.69 Å². The molecule has 0 aromatic rings. The van der Waals surface area contributed by atoms with Crippen molar-refractivity contribution in [3.05, 3.63) is 12.2 Å². The summed E-state index contributed by atoms with van der Waals surface area (Å²) in [5, 5.41) is 0. The van der Waals surface area contributed by atoms with Gasteiger partial charge in [0.2, 0.25) is 0 Å². The summed E-state index contributed by atoms with van der Waals surface area (Å²) in [5.74, 6) is -0.0186. The summed E-state index contributed by atoms with van der Waals surface area (Å²) < 4.78 is 5.39. The number of Topliss-reactive ketones (excluding diaryl/α,β-unsaturated/α-hetero) is 1. The maximum atomic E-state index is 12.0. The molecule has 4 nitrogen and oxygen atoms in total. The number of carbonyl (C=O) groups excluding carboxylic acids is 2. The molecule has 0 N–H and O–H groups in total. The van der Waals surface area contributed by atoms with E-state index < -0.39 is 17.7 Å². The molecule has 0 saturated carbocycles. The molecule has 0 spiro atoms. The lowest BCUT2D eigenvalue weighted by molar-refractivity contribution is -0.121. The Balaban J connectivity index is 2.74. The number of likely N-dealkylation sites (tertiary alicyclic amines) is 1. The first-order valence-corrected chi connectivity index (χ1v) is 5.93. The molecule has 1 saturated heterocycles. The van der Waals surface area contributed by atoms with Crippen molar-refractivity contribution >= 4 is 11.9 Å². The van der Waals surface area contributed by atoms with Gasteiger partial charge in [0.25, 0.3) is 0 Å². The van der Waals surface area contributed by atoms with E-state index in [1.165, 1.54) is 11.8 Å². The summed E-state index contributed by atoms with van der Waals surface area (Å²) in [5.41, 5.74) is 0.402. The molecule has 1 amide bonds. The molecule has 1 aliphatic rings. The first-order chi connectivity index (χ1) is 7.76. The molecular formula is C13H21NO3. The fourth-order valence-corrected chi connectivity index (χ4v) is 1.72. The summed E-state index contributed by atoms with van der Waals surface area (Å²) in [7, 11) is 0. The minimum absolute atomic E-state index is 0.0186. The smallest absolute Gasteiger partial charge is 0.411 e. The van der Waals surface area contributed by atoms with Gasteiger partial charge in [0.15, 0.2) is 5.78 Å². The lowest BCUT2D eigenvalue weighted by Crippen LogP contribution is -2.43. The Labute approximate surface area is 103 Å². The van der Waals surface area contributed by atoms with Crippen LogP contribution < -0.4 is 0 Å². The number of rotatable bonds is 3. The molecule has 1 heterocycles. The van der Waals surface area contributed by atoms with Crippen molar-refractivity contribution in [3.63, 3.8) is 0 Å². The third kappa shape index (κ3) is 3.32. The summed E-state index contributed by atoms with van der Waals surface area (Å²) >= 11 is 0. The molecule has 0 unspecified atom stereocenters.